The van der Waals surface area contributed by atoms with Crippen LogP contribution in [0.25, 0.3) is 0 Å². The van der Waals surface area contributed by atoms with Gasteiger partial charge in [-0.1, -0.05) is 6.07 Å². The van der Waals surface area contributed by atoms with Crippen LogP contribution < -0.4 is 5.32 Å². The van der Waals surface area contributed by atoms with Gasteiger partial charge >= 0.3 is 0 Å². The second-order valence-corrected chi connectivity index (χ2v) is 5.60. The average Bonchev–Trinajstić information content (AvgIpc) is 2.30. The molecule has 6 heteroatoms. The Morgan fingerprint density at radius 1 is 1.44 bits per heavy atom. The Bertz CT molecular complexity index is 465. The summed E-state index contributed by atoms with van der Waals surface area (Å²) >= 11 is 0. The highest BCUT2D eigenvalue weighted by atomic mass is 32.2. The summed E-state index contributed by atoms with van der Waals surface area (Å²) in [6.45, 7) is 1.72. The van der Waals surface area contributed by atoms with E-state index < -0.39 is 28.3 Å². The van der Waals surface area contributed by atoms with Gasteiger partial charge < -0.3 is 5.32 Å². The van der Waals surface area contributed by atoms with Crippen LogP contribution in [0.4, 0.5) is 8.78 Å². The molecular formula is C12H15F2NO2S. The van der Waals surface area contributed by atoms with E-state index in [0.717, 1.165) is 6.07 Å². The van der Waals surface area contributed by atoms with Crippen LogP contribution >= 0.6 is 0 Å². The third kappa shape index (κ3) is 4.18. The maximum absolute atomic E-state index is 13.3. The van der Waals surface area contributed by atoms with E-state index >= 15 is 0 Å². The monoisotopic (exact) mass is 275 g/mol. The highest BCUT2D eigenvalue weighted by Crippen LogP contribution is 2.11. The highest BCUT2D eigenvalue weighted by molar-refractivity contribution is 7.84. The molecular weight excluding hydrogens is 260 g/mol. The summed E-state index contributed by atoms with van der Waals surface area (Å²) in [7, 11) is -0.939. The van der Waals surface area contributed by atoms with Crippen LogP contribution in [0.15, 0.2) is 18.2 Å². The van der Waals surface area contributed by atoms with Crippen LogP contribution in [0.3, 0.4) is 0 Å². The van der Waals surface area contributed by atoms with Gasteiger partial charge in [-0.3, -0.25) is 9.00 Å². The van der Waals surface area contributed by atoms with E-state index in [1.54, 1.807) is 13.2 Å². The smallest absolute Gasteiger partial charge is 0.254 e. The lowest BCUT2D eigenvalue weighted by atomic mass is 10.1. The number of amides is 1. The summed E-state index contributed by atoms with van der Waals surface area (Å²) in [5.74, 6) is -2.42. The van der Waals surface area contributed by atoms with Gasteiger partial charge in [0, 0.05) is 28.9 Å². The summed E-state index contributed by atoms with van der Waals surface area (Å²) in [6, 6.07) is 3.21. The molecule has 0 aliphatic rings. The Labute approximate surface area is 107 Å². The molecule has 2 atom stereocenters. The molecule has 1 aromatic rings. The van der Waals surface area contributed by atoms with Gasteiger partial charge in [-0.05, 0) is 25.5 Å². The fourth-order valence-electron chi connectivity index (χ4n) is 1.40. The van der Waals surface area contributed by atoms with E-state index in [0.29, 0.717) is 12.2 Å². The molecule has 2 unspecified atom stereocenters. The van der Waals surface area contributed by atoms with Crippen LogP contribution in [0.5, 0.6) is 0 Å². The van der Waals surface area contributed by atoms with Crippen molar-refractivity contribution in [3.63, 3.8) is 0 Å². The first-order valence-corrected chi connectivity index (χ1v) is 7.19. The molecule has 0 saturated carbocycles. The minimum Gasteiger partial charge on any atom is -0.349 e. The molecule has 100 valence electrons. The van der Waals surface area contributed by atoms with Crippen molar-refractivity contribution in [2.75, 3.05) is 12.0 Å². The molecule has 0 aromatic heterocycles. The van der Waals surface area contributed by atoms with E-state index in [-0.39, 0.29) is 11.6 Å². The maximum atomic E-state index is 13.3. The average molecular weight is 275 g/mol. The second kappa shape index (κ2) is 6.58. The number of carbonyl (C=O) groups excluding carboxylic acids is 1. The largest absolute Gasteiger partial charge is 0.349 e. The number of hydrogen-bond donors (Lipinski definition) is 1. The van der Waals surface area contributed by atoms with E-state index in [4.69, 9.17) is 0 Å². The van der Waals surface area contributed by atoms with Crippen LogP contribution in [-0.4, -0.2) is 28.2 Å². The zero-order valence-corrected chi connectivity index (χ0v) is 11.0. The quantitative estimate of drug-likeness (QED) is 0.891. The Kier molecular flexibility index (Phi) is 5.40. The minimum atomic E-state index is -1.15. The number of rotatable bonds is 5. The predicted octanol–water partition coefficient (Wildman–Crippen LogP) is 1.85. The van der Waals surface area contributed by atoms with E-state index in [1.165, 1.54) is 12.1 Å². The summed E-state index contributed by atoms with van der Waals surface area (Å²) in [5.41, 5.74) is -0.320. The van der Waals surface area contributed by atoms with Gasteiger partial charge in [0.1, 0.15) is 0 Å². The van der Waals surface area contributed by atoms with E-state index in [2.05, 4.69) is 5.32 Å². The van der Waals surface area contributed by atoms with Crippen molar-refractivity contribution in [2.24, 2.45) is 0 Å². The van der Waals surface area contributed by atoms with Gasteiger partial charge in [0.05, 0.1) is 5.56 Å². The molecule has 18 heavy (non-hydrogen) atoms. The summed E-state index contributed by atoms with van der Waals surface area (Å²) in [6.07, 6.45) is 2.09. The van der Waals surface area contributed by atoms with Crippen molar-refractivity contribution in [3.05, 3.63) is 35.4 Å². The molecule has 1 rings (SSSR count). The lowest BCUT2D eigenvalue weighted by Gasteiger charge is -2.13. The van der Waals surface area contributed by atoms with Crippen molar-refractivity contribution in [1.82, 2.24) is 5.32 Å². The Morgan fingerprint density at radius 2 is 2.11 bits per heavy atom. The maximum Gasteiger partial charge on any atom is 0.254 e. The SMILES string of the molecule is CC(CCS(C)=O)NC(=O)c1cccc(F)c1F. The predicted molar refractivity (Wildman–Crippen MR) is 66.8 cm³/mol. The molecule has 0 radical (unpaired) electrons. The third-order valence-electron chi connectivity index (χ3n) is 2.41. The molecule has 1 N–H and O–H groups in total. The fourth-order valence-corrected chi connectivity index (χ4v) is 2.08. The minimum absolute atomic E-state index is 0.246. The molecule has 0 aliphatic heterocycles. The van der Waals surface area contributed by atoms with Crippen LogP contribution in [0.2, 0.25) is 0 Å². The Morgan fingerprint density at radius 3 is 2.72 bits per heavy atom. The number of nitrogens with one attached hydrogen (secondary N) is 1. The molecule has 0 saturated heterocycles. The molecule has 0 heterocycles. The van der Waals surface area contributed by atoms with E-state index in [9.17, 15) is 17.8 Å². The second-order valence-electron chi connectivity index (χ2n) is 4.04. The lowest BCUT2D eigenvalue weighted by Crippen LogP contribution is -2.34. The number of benzene rings is 1. The number of halogens is 2. The van der Waals surface area contributed by atoms with Crippen molar-refractivity contribution in [3.8, 4) is 0 Å². The molecule has 0 spiro atoms. The zero-order valence-electron chi connectivity index (χ0n) is 10.2. The number of hydrogen-bond acceptors (Lipinski definition) is 2. The van der Waals surface area contributed by atoms with Crippen molar-refractivity contribution >= 4 is 16.7 Å². The topological polar surface area (TPSA) is 46.2 Å². The molecule has 1 aromatic carbocycles. The zero-order chi connectivity index (χ0) is 13.7. The summed E-state index contributed by atoms with van der Waals surface area (Å²) in [4.78, 5) is 11.7. The van der Waals surface area contributed by atoms with Gasteiger partial charge in [-0.15, -0.1) is 0 Å². The Hall–Kier alpha value is -1.30. The van der Waals surface area contributed by atoms with Gasteiger partial charge in [0.2, 0.25) is 0 Å². The van der Waals surface area contributed by atoms with Crippen molar-refractivity contribution < 1.29 is 17.8 Å². The van der Waals surface area contributed by atoms with Gasteiger partial charge in [-0.25, -0.2) is 8.78 Å². The van der Waals surface area contributed by atoms with Crippen LogP contribution in [0.1, 0.15) is 23.7 Å². The fraction of sp³-hybridized carbons (Fsp3) is 0.417. The number of carbonyl (C=O) groups is 1. The van der Waals surface area contributed by atoms with Crippen molar-refractivity contribution in [2.45, 2.75) is 19.4 Å². The first-order chi connectivity index (χ1) is 8.41. The van der Waals surface area contributed by atoms with E-state index in [1.807, 2.05) is 0 Å². The van der Waals surface area contributed by atoms with Gasteiger partial charge in [0.25, 0.3) is 5.91 Å². The van der Waals surface area contributed by atoms with Gasteiger partial charge in [0.15, 0.2) is 11.6 Å². The van der Waals surface area contributed by atoms with Crippen molar-refractivity contribution in [1.29, 1.82) is 0 Å². The molecule has 1 amide bonds. The third-order valence-corrected chi connectivity index (χ3v) is 3.22. The van der Waals surface area contributed by atoms with Crippen LogP contribution in [-0.2, 0) is 10.8 Å². The lowest BCUT2D eigenvalue weighted by molar-refractivity contribution is 0.0934. The Balaban J connectivity index is 2.65. The highest BCUT2D eigenvalue weighted by Gasteiger charge is 2.16. The van der Waals surface area contributed by atoms with Gasteiger partial charge in [-0.2, -0.15) is 0 Å². The summed E-state index contributed by atoms with van der Waals surface area (Å²) in [5, 5.41) is 2.54. The first-order valence-electron chi connectivity index (χ1n) is 5.46. The molecule has 0 aliphatic carbocycles. The molecule has 0 fully saturated rings. The molecule has 3 nitrogen and oxygen atoms in total. The van der Waals surface area contributed by atoms with Crippen LogP contribution in [0, 0.1) is 11.6 Å². The summed E-state index contributed by atoms with van der Waals surface area (Å²) < 4.78 is 37.2. The molecule has 0 bridgehead atoms. The normalized spacial score (nSPS) is 14.0. The first kappa shape index (κ1) is 14.8. The standard InChI is InChI=1S/C12H15F2NO2S/c1-8(6-7-18(2)17)15-12(16)9-4-3-5-10(13)11(9)14/h3-5,8H,6-7H2,1-2H3,(H,15,16).